The monoisotopic (exact) mass is 978 g/mol. The number of hydrogen-bond acceptors (Lipinski definition) is 14. The molecule has 1 amide bonds. The van der Waals surface area contributed by atoms with Crippen molar-refractivity contribution in [3.05, 3.63) is 114 Å². The maximum Gasteiger partial charge on any atom is 0.415 e. The topological polar surface area (TPSA) is 216 Å². The van der Waals surface area contributed by atoms with Crippen LogP contribution in [0.5, 0.6) is 11.5 Å². The summed E-state index contributed by atoms with van der Waals surface area (Å²) in [6.07, 6.45) is 7.09. The molecule has 0 spiro atoms. The number of cyclic esters (lactones) is 2. The molecule has 17 nitrogen and oxygen atoms in total. The zero-order valence-electron chi connectivity index (χ0n) is 41.0. The Kier molecular flexibility index (Phi) is 11.8. The number of carbonyl (C=O) groups is 3. The predicted octanol–water partition coefficient (Wildman–Crippen LogP) is 6.44. The van der Waals surface area contributed by atoms with E-state index in [0.29, 0.717) is 95.8 Å². The van der Waals surface area contributed by atoms with Crippen molar-refractivity contribution in [2.24, 2.45) is 0 Å². The average molecular weight is 979 g/mol. The number of piperidine rings is 2. The number of aliphatic hydroxyl groups is 2. The number of carbonyl (C=O) groups excluding carboxylic acids is 3. The number of nitrogens with zero attached hydrogens (tertiary/aromatic N) is 6. The second-order valence-electron chi connectivity index (χ2n) is 19.8. The van der Waals surface area contributed by atoms with E-state index in [1.54, 1.807) is 59.4 Å². The van der Waals surface area contributed by atoms with Crippen LogP contribution in [0.15, 0.2) is 58.1 Å². The zero-order valence-corrected chi connectivity index (χ0v) is 41.0. The van der Waals surface area contributed by atoms with Gasteiger partial charge in [0.2, 0.25) is 0 Å². The highest BCUT2D eigenvalue weighted by atomic mass is 16.6. The number of rotatable bonds is 6. The molecular formula is C55H58N6O11. The molecule has 374 valence electrons. The lowest BCUT2D eigenvalue weighted by molar-refractivity contribution is -0.172. The van der Waals surface area contributed by atoms with Crippen LogP contribution in [-0.2, 0) is 69.4 Å². The highest BCUT2D eigenvalue weighted by molar-refractivity contribution is 5.92. The van der Waals surface area contributed by atoms with Crippen molar-refractivity contribution in [3.63, 3.8) is 0 Å². The van der Waals surface area contributed by atoms with Crippen molar-refractivity contribution < 1.29 is 43.9 Å². The molecule has 0 radical (unpaired) electrons. The van der Waals surface area contributed by atoms with E-state index in [4.69, 9.17) is 24.2 Å². The third-order valence-corrected chi connectivity index (χ3v) is 16.1. The molecule has 72 heavy (non-hydrogen) atoms. The molecule has 3 N–H and O–H groups in total. The number of hydrogen-bond donors (Lipinski definition) is 3. The summed E-state index contributed by atoms with van der Waals surface area (Å²) < 4.78 is 19.4. The minimum absolute atomic E-state index is 0.0951. The molecule has 0 bridgehead atoms. The molecule has 12 rings (SSSR count). The van der Waals surface area contributed by atoms with Crippen molar-refractivity contribution in [1.29, 1.82) is 0 Å². The Balaban J connectivity index is 0.000000168. The number of aromatic hydroxyl groups is 1. The molecule has 2 fully saturated rings. The minimum atomic E-state index is -1.86. The Hall–Kier alpha value is -6.95. The van der Waals surface area contributed by atoms with Crippen LogP contribution in [0.3, 0.4) is 0 Å². The fourth-order valence-corrected chi connectivity index (χ4v) is 12.0. The third kappa shape index (κ3) is 7.41. The fourth-order valence-electron chi connectivity index (χ4n) is 12.0. The van der Waals surface area contributed by atoms with Gasteiger partial charge in [0.05, 0.1) is 58.0 Å². The van der Waals surface area contributed by atoms with Crippen LogP contribution < -0.4 is 15.9 Å². The van der Waals surface area contributed by atoms with E-state index in [2.05, 4.69) is 11.8 Å². The largest absolute Gasteiger partial charge is 0.508 e. The van der Waals surface area contributed by atoms with E-state index in [-0.39, 0.29) is 49.0 Å². The summed E-state index contributed by atoms with van der Waals surface area (Å²) in [5, 5.41) is 33.7. The lowest BCUT2D eigenvalue weighted by Crippen LogP contribution is -2.48. The van der Waals surface area contributed by atoms with Crippen LogP contribution in [0.1, 0.15) is 117 Å². The summed E-state index contributed by atoms with van der Waals surface area (Å²) in [5.74, 6) is -0.829. The molecular weight excluding hydrogens is 921 g/mol. The summed E-state index contributed by atoms with van der Waals surface area (Å²) in [7, 11) is 0. The van der Waals surface area contributed by atoms with Gasteiger partial charge in [-0.2, -0.15) is 0 Å². The Bertz CT molecular complexity index is 3410. The maximum atomic E-state index is 13.6. The van der Waals surface area contributed by atoms with E-state index in [1.807, 2.05) is 24.0 Å². The molecule has 4 aromatic heterocycles. The molecule has 6 aliphatic heterocycles. The predicted molar refractivity (Wildman–Crippen MR) is 266 cm³/mol. The number of amides is 1. The Morgan fingerprint density at radius 3 is 1.67 bits per heavy atom. The van der Waals surface area contributed by atoms with E-state index >= 15 is 0 Å². The first kappa shape index (κ1) is 47.4. The van der Waals surface area contributed by atoms with Gasteiger partial charge in [-0.3, -0.25) is 9.59 Å². The molecule has 17 heteroatoms. The Morgan fingerprint density at radius 2 is 1.17 bits per heavy atom. The molecule has 2 atom stereocenters. The molecule has 6 aliphatic rings. The van der Waals surface area contributed by atoms with Crippen LogP contribution in [0.4, 0.5) is 4.79 Å². The molecule has 2 saturated heterocycles. The summed E-state index contributed by atoms with van der Waals surface area (Å²) in [5.41, 5.74) is 4.85. The molecule has 0 unspecified atom stereocenters. The normalized spacial score (nSPS) is 21.2. The van der Waals surface area contributed by atoms with Crippen molar-refractivity contribution in [1.82, 2.24) is 28.9 Å². The van der Waals surface area contributed by atoms with Crippen molar-refractivity contribution >= 4 is 39.8 Å². The van der Waals surface area contributed by atoms with Crippen molar-refractivity contribution in [3.8, 4) is 34.3 Å². The first-order valence-corrected chi connectivity index (χ1v) is 25.4. The van der Waals surface area contributed by atoms with Crippen LogP contribution >= 0.6 is 0 Å². The van der Waals surface area contributed by atoms with Crippen LogP contribution in [0.25, 0.3) is 44.6 Å². The molecule has 2 aromatic carbocycles. The number of benzene rings is 2. The van der Waals surface area contributed by atoms with Crippen LogP contribution in [0.2, 0.25) is 0 Å². The first-order valence-electron chi connectivity index (χ1n) is 25.4. The van der Waals surface area contributed by atoms with Gasteiger partial charge in [-0.05, 0) is 124 Å². The lowest BCUT2D eigenvalue weighted by atomic mass is 9.86. The summed E-state index contributed by atoms with van der Waals surface area (Å²) in [4.78, 5) is 78.8. The number of esters is 2. The quantitative estimate of drug-likeness (QED) is 0.153. The molecule has 6 aromatic rings. The third-order valence-electron chi connectivity index (χ3n) is 16.1. The smallest absolute Gasteiger partial charge is 0.415 e. The second-order valence-corrected chi connectivity index (χ2v) is 19.8. The van der Waals surface area contributed by atoms with E-state index in [0.717, 1.165) is 56.9 Å². The van der Waals surface area contributed by atoms with Gasteiger partial charge in [0.1, 0.15) is 24.7 Å². The molecule has 0 aliphatic carbocycles. The van der Waals surface area contributed by atoms with Gasteiger partial charge in [-0.25, -0.2) is 24.4 Å². The summed E-state index contributed by atoms with van der Waals surface area (Å²) in [6.45, 7) is 11.6. The highest BCUT2D eigenvalue weighted by Crippen LogP contribution is 2.43. The first-order chi connectivity index (χ1) is 34.7. The summed E-state index contributed by atoms with van der Waals surface area (Å²) >= 11 is 0. The zero-order chi connectivity index (χ0) is 50.4. The molecule has 10 heterocycles. The van der Waals surface area contributed by atoms with Crippen LogP contribution in [-0.4, -0.2) is 94.5 Å². The molecule has 0 saturated carbocycles. The number of likely N-dealkylation sites (tertiary alicyclic amines) is 2. The highest BCUT2D eigenvalue weighted by Gasteiger charge is 2.47. The van der Waals surface area contributed by atoms with Crippen LogP contribution in [0, 0.1) is 0 Å². The number of pyridine rings is 4. The van der Waals surface area contributed by atoms with Gasteiger partial charge >= 0.3 is 18.0 Å². The van der Waals surface area contributed by atoms with Gasteiger partial charge in [-0.15, -0.1) is 0 Å². The second kappa shape index (κ2) is 18.0. The summed E-state index contributed by atoms with van der Waals surface area (Å²) in [6, 6.07) is 14.5. The standard InChI is InChI=1S/C33H38N4O6.C22H20N2O5/c1-3-22-23-16-21(43-32(40)36-14-10-20(11-15-36)35-12-6-5-7-13-35)8-9-27(23)34-29-24(22)18-37-28(29)17-26-25(30(37)38)19-42-31(39)33(26,41)4-2;1-3-12-13-7-11(25)5-6-17(13)23-19-14(12)9-24-18(19)8-16-15(20(24)26)10-29-21(27)22(16,28)4-2/h8-9,16-17,20,41H,3-7,10-15,18-19H2,1-2H3;5-8,25,28H,3-4,9-10H2,1-2H3/t33-;22-/m00/s1. The van der Waals surface area contributed by atoms with E-state index < -0.39 is 23.1 Å². The number of aryl methyl sites for hydroxylation is 2. The van der Waals surface area contributed by atoms with Crippen molar-refractivity contribution in [2.75, 3.05) is 26.2 Å². The number of phenols is 1. The van der Waals surface area contributed by atoms with Crippen molar-refractivity contribution in [2.45, 2.75) is 129 Å². The number of aromatic nitrogens is 4. The van der Waals surface area contributed by atoms with E-state index in [9.17, 15) is 39.3 Å². The Morgan fingerprint density at radius 1 is 0.667 bits per heavy atom. The lowest BCUT2D eigenvalue weighted by Gasteiger charge is -2.39. The number of phenolic OH excluding ortho intramolecular Hbond substituents is 1. The maximum absolute atomic E-state index is 13.6. The van der Waals surface area contributed by atoms with Gasteiger partial charge in [-0.1, -0.05) is 34.1 Å². The Labute approximate surface area is 414 Å². The van der Waals surface area contributed by atoms with Gasteiger partial charge < -0.3 is 48.5 Å². The van der Waals surface area contributed by atoms with Gasteiger partial charge in [0, 0.05) is 52.2 Å². The number of ether oxygens (including phenoxy) is 3. The fraction of sp³-hybridized carbons (Fsp3) is 0.436. The number of fused-ring (bicyclic) bond motifs is 10. The van der Waals surface area contributed by atoms with Gasteiger partial charge in [0.15, 0.2) is 11.2 Å². The van der Waals surface area contributed by atoms with E-state index in [1.165, 1.54) is 32.4 Å². The minimum Gasteiger partial charge on any atom is -0.508 e. The average Bonchev–Trinajstić information content (AvgIpc) is 3.96. The van der Waals surface area contributed by atoms with Gasteiger partial charge in [0.25, 0.3) is 11.1 Å². The SMILES string of the molecule is CCc1c2c(nc3ccc(O)cc13)-c1cc3c(c(=O)n1C2)COC(=O)[C@]3(O)CC.CCc1c2c(nc3ccc(OC(=O)N4CCC(N5CCCCC5)CC4)cc13)-c1cc3c(c(=O)n1C2)COC(=O)[C@]3(O)CC.